The van der Waals surface area contributed by atoms with E-state index in [4.69, 9.17) is 4.74 Å². The minimum Gasteiger partial charge on any atom is -0.493 e. The van der Waals surface area contributed by atoms with E-state index in [1.807, 2.05) is 0 Å². The summed E-state index contributed by atoms with van der Waals surface area (Å²) in [5.74, 6) is -1.28. The maximum atomic E-state index is 13.0. The van der Waals surface area contributed by atoms with Crippen LogP contribution >= 0.6 is 0 Å². The van der Waals surface area contributed by atoms with Crippen LogP contribution in [0.4, 0.5) is 4.39 Å². The lowest BCUT2D eigenvalue weighted by Crippen LogP contribution is -2.05. The first kappa shape index (κ1) is 9.51. The second kappa shape index (κ2) is 3.89. The molecule has 0 atom stereocenters. The van der Waals surface area contributed by atoms with Gasteiger partial charge in [-0.15, -0.1) is 0 Å². The summed E-state index contributed by atoms with van der Waals surface area (Å²) in [7, 11) is 2.53. The largest absolute Gasteiger partial charge is 0.493 e. The van der Waals surface area contributed by atoms with Gasteiger partial charge < -0.3 is 9.47 Å². The Labute approximate surface area is 75.1 Å². The molecule has 0 heterocycles. The van der Waals surface area contributed by atoms with E-state index in [-0.39, 0.29) is 11.3 Å². The van der Waals surface area contributed by atoms with Gasteiger partial charge in [-0.1, -0.05) is 6.07 Å². The molecule has 0 N–H and O–H groups in total. The van der Waals surface area contributed by atoms with Crippen molar-refractivity contribution >= 4 is 5.97 Å². The molecular formula is C9H9FO3. The maximum absolute atomic E-state index is 13.0. The summed E-state index contributed by atoms with van der Waals surface area (Å²) in [5.41, 5.74) is 0.0880. The summed E-state index contributed by atoms with van der Waals surface area (Å²) in [6.07, 6.45) is 0. The molecule has 0 aliphatic heterocycles. The number of rotatable bonds is 2. The Balaban J connectivity index is 3.20. The van der Waals surface area contributed by atoms with Crippen LogP contribution in [-0.4, -0.2) is 20.2 Å². The fourth-order valence-electron chi connectivity index (χ4n) is 0.987. The molecule has 1 aromatic carbocycles. The molecule has 0 aromatic heterocycles. The summed E-state index contributed by atoms with van der Waals surface area (Å²) >= 11 is 0. The van der Waals surface area contributed by atoms with E-state index >= 15 is 0 Å². The van der Waals surface area contributed by atoms with Gasteiger partial charge in [0, 0.05) is 0 Å². The number of carbonyl (C=O) groups excluding carboxylic acids is 1. The molecule has 0 saturated carbocycles. The Morgan fingerprint density at radius 3 is 2.62 bits per heavy atom. The molecule has 0 radical (unpaired) electrons. The summed E-state index contributed by atoms with van der Waals surface area (Å²) in [6, 6.07) is 4.07. The van der Waals surface area contributed by atoms with Crippen molar-refractivity contribution < 1.29 is 18.7 Å². The molecule has 0 spiro atoms. The molecule has 70 valence electrons. The van der Waals surface area contributed by atoms with Gasteiger partial charge >= 0.3 is 5.97 Å². The van der Waals surface area contributed by atoms with E-state index < -0.39 is 11.8 Å². The van der Waals surface area contributed by atoms with Gasteiger partial charge in [0.05, 0.1) is 14.2 Å². The van der Waals surface area contributed by atoms with Gasteiger partial charge in [-0.25, -0.2) is 9.18 Å². The van der Waals surface area contributed by atoms with Crippen molar-refractivity contribution in [3.63, 3.8) is 0 Å². The molecule has 0 bridgehead atoms. The SMILES string of the molecule is COC(=O)c1cccc(F)c1OC. The zero-order valence-electron chi connectivity index (χ0n) is 7.33. The average molecular weight is 184 g/mol. The maximum Gasteiger partial charge on any atom is 0.341 e. The van der Waals surface area contributed by atoms with Crippen LogP contribution in [0.25, 0.3) is 0 Å². The van der Waals surface area contributed by atoms with Crippen molar-refractivity contribution in [3.05, 3.63) is 29.6 Å². The first-order chi connectivity index (χ1) is 6.20. The molecule has 0 unspecified atom stereocenters. The number of hydrogen-bond donors (Lipinski definition) is 0. The van der Waals surface area contributed by atoms with Crippen molar-refractivity contribution in [2.45, 2.75) is 0 Å². The lowest BCUT2D eigenvalue weighted by atomic mass is 10.2. The van der Waals surface area contributed by atoms with Crippen molar-refractivity contribution in [3.8, 4) is 5.75 Å². The molecular weight excluding hydrogens is 175 g/mol. The van der Waals surface area contributed by atoms with E-state index in [2.05, 4.69) is 4.74 Å². The molecule has 1 rings (SSSR count). The van der Waals surface area contributed by atoms with Gasteiger partial charge in [-0.05, 0) is 12.1 Å². The van der Waals surface area contributed by atoms with E-state index in [1.165, 1.54) is 32.4 Å². The number of hydrogen-bond acceptors (Lipinski definition) is 3. The van der Waals surface area contributed by atoms with Crippen LogP contribution in [0.3, 0.4) is 0 Å². The Morgan fingerprint density at radius 2 is 2.08 bits per heavy atom. The summed E-state index contributed by atoms with van der Waals surface area (Å²) in [4.78, 5) is 11.1. The molecule has 4 heteroatoms. The highest BCUT2D eigenvalue weighted by Gasteiger charge is 2.15. The lowest BCUT2D eigenvalue weighted by Gasteiger charge is -2.06. The number of halogens is 1. The standard InChI is InChI=1S/C9H9FO3/c1-12-8-6(9(11)13-2)4-3-5-7(8)10/h3-5H,1-2H3. The van der Waals surface area contributed by atoms with Crippen LogP contribution in [0.2, 0.25) is 0 Å². The zero-order valence-corrected chi connectivity index (χ0v) is 7.33. The van der Waals surface area contributed by atoms with Gasteiger partial charge in [0.15, 0.2) is 11.6 Å². The highest BCUT2D eigenvalue weighted by atomic mass is 19.1. The topological polar surface area (TPSA) is 35.5 Å². The Kier molecular flexibility index (Phi) is 2.84. The molecule has 1 aromatic rings. The summed E-state index contributed by atoms with van der Waals surface area (Å²) in [6.45, 7) is 0. The van der Waals surface area contributed by atoms with Crippen LogP contribution in [0, 0.1) is 5.82 Å². The number of para-hydroxylation sites is 1. The van der Waals surface area contributed by atoms with Crippen LogP contribution < -0.4 is 4.74 Å². The van der Waals surface area contributed by atoms with Crippen molar-refractivity contribution in [2.24, 2.45) is 0 Å². The van der Waals surface area contributed by atoms with Crippen molar-refractivity contribution in [2.75, 3.05) is 14.2 Å². The smallest absolute Gasteiger partial charge is 0.341 e. The summed E-state index contributed by atoms with van der Waals surface area (Å²) in [5, 5.41) is 0. The minimum atomic E-state index is -0.614. The van der Waals surface area contributed by atoms with Gasteiger partial charge in [0.2, 0.25) is 0 Å². The van der Waals surface area contributed by atoms with Gasteiger partial charge in [-0.2, -0.15) is 0 Å². The van der Waals surface area contributed by atoms with Gasteiger partial charge in [0.1, 0.15) is 5.56 Å². The van der Waals surface area contributed by atoms with E-state index in [1.54, 1.807) is 0 Å². The monoisotopic (exact) mass is 184 g/mol. The Hall–Kier alpha value is -1.58. The number of ether oxygens (including phenoxy) is 2. The van der Waals surface area contributed by atoms with Crippen molar-refractivity contribution in [1.29, 1.82) is 0 Å². The van der Waals surface area contributed by atoms with E-state index in [0.29, 0.717) is 0 Å². The second-order valence-electron chi connectivity index (χ2n) is 2.31. The molecule has 0 aliphatic carbocycles. The highest BCUT2D eigenvalue weighted by Crippen LogP contribution is 2.22. The normalized spacial score (nSPS) is 9.46. The van der Waals surface area contributed by atoms with Crippen LogP contribution in [0.15, 0.2) is 18.2 Å². The zero-order chi connectivity index (χ0) is 9.84. The van der Waals surface area contributed by atoms with Crippen LogP contribution in [0.5, 0.6) is 5.75 Å². The fraction of sp³-hybridized carbons (Fsp3) is 0.222. The summed E-state index contributed by atoms with van der Waals surface area (Å²) < 4.78 is 22.2. The molecule has 0 saturated heterocycles. The van der Waals surface area contributed by atoms with Crippen LogP contribution in [0.1, 0.15) is 10.4 Å². The Bertz CT molecular complexity index is 323. The number of esters is 1. The third kappa shape index (κ3) is 1.77. The minimum absolute atomic E-state index is 0.0880. The molecule has 13 heavy (non-hydrogen) atoms. The van der Waals surface area contributed by atoms with Crippen molar-refractivity contribution in [1.82, 2.24) is 0 Å². The Morgan fingerprint density at radius 1 is 1.38 bits per heavy atom. The second-order valence-corrected chi connectivity index (χ2v) is 2.31. The van der Waals surface area contributed by atoms with E-state index in [9.17, 15) is 9.18 Å². The predicted molar refractivity (Wildman–Crippen MR) is 44.3 cm³/mol. The quantitative estimate of drug-likeness (QED) is 0.655. The van der Waals surface area contributed by atoms with Gasteiger partial charge in [0.25, 0.3) is 0 Å². The fourth-order valence-corrected chi connectivity index (χ4v) is 0.987. The lowest BCUT2D eigenvalue weighted by molar-refractivity contribution is 0.0596. The molecule has 3 nitrogen and oxygen atoms in total. The number of carbonyl (C=O) groups is 1. The van der Waals surface area contributed by atoms with Crippen LogP contribution in [-0.2, 0) is 4.74 Å². The van der Waals surface area contributed by atoms with Gasteiger partial charge in [-0.3, -0.25) is 0 Å². The molecule has 0 fully saturated rings. The molecule has 0 amide bonds. The average Bonchev–Trinajstić information content (AvgIpc) is 2.16. The highest BCUT2D eigenvalue weighted by molar-refractivity contribution is 5.92. The first-order valence-corrected chi connectivity index (χ1v) is 3.61. The first-order valence-electron chi connectivity index (χ1n) is 3.61. The number of methoxy groups -OCH3 is 2. The molecule has 0 aliphatic rings. The third-order valence-corrected chi connectivity index (χ3v) is 1.58. The third-order valence-electron chi connectivity index (χ3n) is 1.58. The predicted octanol–water partition coefficient (Wildman–Crippen LogP) is 1.62. The van der Waals surface area contributed by atoms with E-state index in [0.717, 1.165) is 0 Å². The number of benzene rings is 1.